The van der Waals surface area contributed by atoms with Crippen molar-refractivity contribution in [1.29, 1.82) is 0 Å². The monoisotopic (exact) mass is 444 g/mol. The molecule has 0 saturated heterocycles. The Bertz CT molecular complexity index is 876. The van der Waals surface area contributed by atoms with Gasteiger partial charge in [-0.05, 0) is 58.6 Å². The van der Waals surface area contributed by atoms with Gasteiger partial charge in [0.25, 0.3) is 0 Å². The lowest BCUT2D eigenvalue weighted by molar-refractivity contribution is -0.137. The smallest absolute Gasteiger partial charge is 0.370 e. The van der Waals surface area contributed by atoms with Crippen molar-refractivity contribution < 1.29 is 18.0 Å². The molecule has 0 saturated carbocycles. The van der Waals surface area contributed by atoms with Crippen LogP contribution in [0.3, 0.4) is 0 Å². The standard InChI is InChI=1S/C19H24ClF3N6O/c1-12-10-16(24-8-4-5-9-29(2)3)27-17(25-12)28-18(30)26-13-6-7-15(20)14(11-13)19(21,22)23/h6-7,10-11H,4-5,8-9H2,1-3H3,(H3,24,25,26,27,28,30). The van der Waals surface area contributed by atoms with Gasteiger partial charge in [-0.15, -0.1) is 0 Å². The van der Waals surface area contributed by atoms with E-state index < -0.39 is 22.8 Å². The van der Waals surface area contributed by atoms with Gasteiger partial charge in [0.15, 0.2) is 0 Å². The fourth-order valence-electron chi connectivity index (χ4n) is 2.57. The van der Waals surface area contributed by atoms with Crippen LogP contribution in [0.15, 0.2) is 24.3 Å². The molecule has 2 rings (SSSR count). The number of nitrogens with one attached hydrogen (secondary N) is 3. The third kappa shape index (κ3) is 7.68. The summed E-state index contributed by atoms with van der Waals surface area (Å²) in [4.78, 5) is 22.6. The maximum Gasteiger partial charge on any atom is 0.417 e. The van der Waals surface area contributed by atoms with Crippen LogP contribution in [0.5, 0.6) is 0 Å². The number of nitrogens with zero attached hydrogens (tertiary/aromatic N) is 3. The fraction of sp³-hybridized carbons (Fsp3) is 0.421. The van der Waals surface area contributed by atoms with Crippen molar-refractivity contribution in [1.82, 2.24) is 14.9 Å². The molecule has 30 heavy (non-hydrogen) atoms. The third-order valence-electron chi connectivity index (χ3n) is 3.95. The van der Waals surface area contributed by atoms with Crippen molar-refractivity contribution >= 4 is 35.1 Å². The Morgan fingerprint density at radius 3 is 2.53 bits per heavy atom. The number of alkyl halides is 3. The highest BCUT2D eigenvalue weighted by Crippen LogP contribution is 2.36. The largest absolute Gasteiger partial charge is 0.417 e. The molecule has 164 valence electrons. The van der Waals surface area contributed by atoms with Crippen molar-refractivity contribution in [2.75, 3.05) is 43.1 Å². The summed E-state index contributed by atoms with van der Waals surface area (Å²) in [7, 11) is 4.02. The molecule has 1 aromatic carbocycles. The Morgan fingerprint density at radius 2 is 1.87 bits per heavy atom. The van der Waals surface area contributed by atoms with E-state index in [1.165, 1.54) is 6.07 Å². The van der Waals surface area contributed by atoms with Crippen LogP contribution in [0.25, 0.3) is 0 Å². The Kier molecular flexibility index (Phi) is 8.24. The molecule has 1 aromatic heterocycles. The van der Waals surface area contributed by atoms with E-state index in [0.29, 0.717) is 18.1 Å². The van der Waals surface area contributed by atoms with E-state index in [9.17, 15) is 18.0 Å². The van der Waals surface area contributed by atoms with Crippen LogP contribution < -0.4 is 16.0 Å². The van der Waals surface area contributed by atoms with Crippen LogP contribution >= 0.6 is 11.6 Å². The van der Waals surface area contributed by atoms with Crippen LogP contribution in [0.1, 0.15) is 24.1 Å². The summed E-state index contributed by atoms with van der Waals surface area (Å²) in [5, 5.41) is 7.48. The summed E-state index contributed by atoms with van der Waals surface area (Å²) in [6.07, 6.45) is -2.65. The quantitative estimate of drug-likeness (QED) is 0.507. The number of carbonyl (C=O) groups excluding carboxylic acids is 1. The summed E-state index contributed by atoms with van der Waals surface area (Å²) in [6.45, 7) is 3.44. The number of hydrogen-bond donors (Lipinski definition) is 3. The number of halogens is 4. The number of aryl methyl sites for hydroxylation is 1. The summed E-state index contributed by atoms with van der Waals surface area (Å²) < 4.78 is 38.8. The minimum absolute atomic E-state index is 0.0355. The second-order valence-electron chi connectivity index (χ2n) is 6.93. The van der Waals surface area contributed by atoms with Crippen molar-refractivity contribution in [3.8, 4) is 0 Å². The lowest BCUT2D eigenvalue weighted by Gasteiger charge is -2.13. The minimum Gasteiger partial charge on any atom is -0.370 e. The Morgan fingerprint density at radius 1 is 1.13 bits per heavy atom. The first-order valence-corrected chi connectivity index (χ1v) is 9.61. The van der Waals surface area contributed by atoms with Crippen LogP contribution in [0, 0.1) is 6.92 Å². The summed E-state index contributed by atoms with van der Waals surface area (Å²) >= 11 is 5.58. The van der Waals surface area contributed by atoms with Gasteiger partial charge >= 0.3 is 12.2 Å². The van der Waals surface area contributed by atoms with E-state index in [1.54, 1.807) is 13.0 Å². The zero-order chi connectivity index (χ0) is 22.3. The molecular formula is C19H24ClF3N6O. The number of hydrogen-bond acceptors (Lipinski definition) is 5. The second-order valence-corrected chi connectivity index (χ2v) is 7.33. The minimum atomic E-state index is -4.63. The zero-order valence-corrected chi connectivity index (χ0v) is 17.7. The molecule has 0 atom stereocenters. The number of rotatable bonds is 8. The third-order valence-corrected chi connectivity index (χ3v) is 4.28. The highest BCUT2D eigenvalue weighted by molar-refractivity contribution is 6.31. The van der Waals surface area contributed by atoms with Crippen LogP contribution in [-0.4, -0.2) is 48.1 Å². The predicted octanol–water partition coefficient (Wildman–Crippen LogP) is 4.85. The maximum absolute atomic E-state index is 12.9. The van der Waals surface area contributed by atoms with E-state index in [-0.39, 0.29) is 11.6 Å². The second kappa shape index (κ2) is 10.4. The number of anilines is 3. The van der Waals surface area contributed by atoms with Crippen molar-refractivity contribution in [2.45, 2.75) is 25.9 Å². The van der Waals surface area contributed by atoms with E-state index >= 15 is 0 Å². The average Bonchev–Trinajstić information content (AvgIpc) is 2.61. The molecule has 2 aromatic rings. The van der Waals surface area contributed by atoms with Crippen LogP contribution in [0.4, 0.5) is 35.4 Å². The Balaban J connectivity index is 1.97. The molecule has 0 spiro atoms. The lowest BCUT2D eigenvalue weighted by Crippen LogP contribution is -2.22. The summed E-state index contributed by atoms with van der Waals surface area (Å²) in [5.41, 5.74) is -0.465. The number of unbranched alkanes of at least 4 members (excludes halogenated alkanes) is 1. The van der Waals surface area contributed by atoms with Crippen molar-refractivity contribution in [3.63, 3.8) is 0 Å². The predicted molar refractivity (Wildman–Crippen MR) is 112 cm³/mol. The molecule has 2 amide bonds. The molecule has 0 bridgehead atoms. The highest BCUT2D eigenvalue weighted by atomic mass is 35.5. The SMILES string of the molecule is Cc1cc(NCCCCN(C)C)nc(NC(=O)Nc2ccc(Cl)c(C(F)(F)F)c2)n1. The Hall–Kier alpha value is -2.59. The zero-order valence-electron chi connectivity index (χ0n) is 16.9. The summed E-state index contributed by atoms with van der Waals surface area (Å²) in [6, 6.07) is 4.08. The first-order chi connectivity index (χ1) is 14.0. The number of urea groups is 1. The molecule has 0 unspecified atom stereocenters. The van der Waals surface area contributed by atoms with Crippen LogP contribution in [-0.2, 0) is 6.18 Å². The fourth-order valence-corrected chi connectivity index (χ4v) is 2.79. The molecular weight excluding hydrogens is 421 g/mol. The topological polar surface area (TPSA) is 82.2 Å². The molecule has 3 N–H and O–H groups in total. The van der Waals surface area contributed by atoms with Gasteiger partial charge in [0, 0.05) is 24.0 Å². The van der Waals surface area contributed by atoms with Gasteiger partial charge in [0.1, 0.15) is 5.82 Å². The normalized spacial score (nSPS) is 11.5. The molecule has 0 aliphatic rings. The highest BCUT2D eigenvalue weighted by Gasteiger charge is 2.33. The van der Waals surface area contributed by atoms with Crippen LogP contribution in [0.2, 0.25) is 5.02 Å². The molecule has 0 fully saturated rings. The number of carbonyl (C=O) groups is 1. The maximum atomic E-state index is 12.9. The van der Waals surface area contributed by atoms with Gasteiger partial charge in [0.2, 0.25) is 5.95 Å². The number of amides is 2. The van der Waals surface area contributed by atoms with E-state index in [4.69, 9.17) is 11.6 Å². The molecule has 1 heterocycles. The van der Waals surface area contributed by atoms with Gasteiger partial charge in [-0.3, -0.25) is 5.32 Å². The molecule has 0 aliphatic carbocycles. The molecule has 7 nitrogen and oxygen atoms in total. The van der Waals surface area contributed by atoms with Crippen molar-refractivity contribution in [3.05, 3.63) is 40.5 Å². The summed E-state index contributed by atoms with van der Waals surface area (Å²) in [5.74, 6) is 0.585. The van der Waals surface area contributed by atoms with Gasteiger partial charge in [-0.25, -0.2) is 9.78 Å². The number of benzene rings is 1. The Labute approximate surface area is 178 Å². The lowest BCUT2D eigenvalue weighted by atomic mass is 10.2. The first kappa shape index (κ1) is 23.7. The van der Waals surface area contributed by atoms with Gasteiger partial charge in [0.05, 0.1) is 10.6 Å². The van der Waals surface area contributed by atoms with Gasteiger partial charge < -0.3 is 15.5 Å². The number of aromatic nitrogens is 2. The molecule has 11 heteroatoms. The van der Waals surface area contributed by atoms with Gasteiger partial charge in [-0.1, -0.05) is 11.6 Å². The van der Waals surface area contributed by atoms with Crippen molar-refractivity contribution in [2.24, 2.45) is 0 Å². The van der Waals surface area contributed by atoms with E-state index in [1.807, 2.05) is 14.1 Å². The van der Waals surface area contributed by atoms with E-state index in [2.05, 4.69) is 30.8 Å². The molecule has 0 radical (unpaired) electrons. The average molecular weight is 445 g/mol. The first-order valence-electron chi connectivity index (χ1n) is 9.23. The molecule has 0 aliphatic heterocycles. The van der Waals surface area contributed by atoms with Gasteiger partial charge in [-0.2, -0.15) is 18.2 Å². The van der Waals surface area contributed by atoms with E-state index in [0.717, 1.165) is 31.5 Å².